The molecule has 4 aliphatic rings. The highest BCUT2D eigenvalue weighted by atomic mass is 16.3. The van der Waals surface area contributed by atoms with Crippen LogP contribution in [0.3, 0.4) is 0 Å². The molecule has 4 bridgehead atoms. The van der Waals surface area contributed by atoms with E-state index in [0.717, 1.165) is 6.42 Å². The summed E-state index contributed by atoms with van der Waals surface area (Å²) in [5.74, 6) is 0.0266. The van der Waals surface area contributed by atoms with E-state index >= 15 is 0 Å². The van der Waals surface area contributed by atoms with Crippen molar-refractivity contribution in [3.8, 4) is 0 Å². The number of carbonyl (C=O) groups is 2. The first kappa shape index (κ1) is 8.60. The van der Waals surface area contributed by atoms with E-state index in [-0.39, 0.29) is 35.2 Å². The average molecular weight is 194 g/mol. The maximum atomic E-state index is 11.8. The molecule has 76 valence electrons. The van der Waals surface area contributed by atoms with Gasteiger partial charge in [0.15, 0.2) is 0 Å². The van der Waals surface area contributed by atoms with Crippen molar-refractivity contribution in [2.24, 2.45) is 23.7 Å². The van der Waals surface area contributed by atoms with Gasteiger partial charge < -0.3 is 5.11 Å². The van der Waals surface area contributed by atoms with Crippen molar-refractivity contribution >= 4 is 11.6 Å². The van der Waals surface area contributed by atoms with Crippen molar-refractivity contribution in [1.29, 1.82) is 0 Å². The van der Waals surface area contributed by atoms with Gasteiger partial charge in [-0.15, -0.1) is 0 Å². The maximum absolute atomic E-state index is 11.8. The fourth-order valence-electron chi connectivity index (χ4n) is 3.67. The van der Waals surface area contributed by atoms with E-state index < -0.39 is 5.60 Å². The van der Waals surface area contributed by atoms with E-state index in [1.807, 2.05) is 0 Å². The van der Waals surface area contributed by atoms with Crippen LogP contribution in [0, 0.1) is 23.7 Å². The van der Waals surface area contributed by atoms with Gasteiger partial charge in [-0.25, -0.2) is 0 Å². The molecule has 0 aliphatic heterocycles. The van der Waals surface area contributed by atoms with Crippen molar-refractivity contribution in [2.45, 2.75) is 31.8 Å². The highest BCUT2D eigenvalue weighted by Gasteiger charge is 2.62. The molecule has 0 aromatic rings. The largest absolute Gasteiger partial charge is 0.389 e. The molecular weight excluding hydrogens is 180 g/mol. The summed E-state index contributed by atoms with van der Waals surface area (Å²) in [7, 11) is 0. The molecule has 4 aliphatic carbocycles. The highest BCUT2D eigenvalue weighted by molar-refractivity contribution is 5.97. The molecule has 0 aromatic heterocycles. The zero-order chi connectivity index (χ0) is 10.1. The normalized spacial score (nSPS) is 55.6. The molecule has 4 atom stereocenters. The minimum Gasteiger partial charge on any atom is -0.389 e. The molecule has 0 amide bonds. The summed E-state index contributed by atoms with van der Waals surface area (Å²) >= 11 is 0. The van der Waals surface area contributed by atoms with Gasteiger partial charge in [-0.3, -0.25) is 9.59 Å². The molecule has 3 nitrogen and oxygen atoms in total. The van der Waals surface area contributed by atoms with E-state index in [9.17, 15) is 14.7 Å². The van der Waals surface area contributed by atoms with Crippen LogP contribution in [-0.4, -0.2) is 22.3 Å². The zero-order valence-electron chi connectivity index (χ0n) is 8.19. The Hall–Kier alpha value is -0.700. The number of rotatable bonds is 0. The van der Waals surface area contributed by atoms with Crippen LogP contribution in [0.15, 0.2) is 0 Å². The van der Waals surface area contributed by atoms with Crippen LogP contribution in [0.1, 0.15) is 26.2 Å². The number of aliphatic hydroxyl groups is 1. The van der Waals surface area contributed by atoms with Crippen LogP contribution < -0.4 is 0 Å². The standard InChI is InChI=1S/C11H14O3/c1-11(14)7-3-5-2-6(10(7)13)4-8(11)9(5)12/h5-8,14H,2-4H2,1H3. The van der Waals surface area contributed by atoms with Gasteiger partial charge in [0.1, 0.15) is 11.6 Å². The van der Waals surface area contributed by atoms with Gasteiger partial charge in [-0.2, -0.15) is 0 Å². The molecule has 0 heterocycles. The second-order valence-electron chi connectivity index (χ2n) is 5.24. The van der Waals surface area contributed by atoms with Gasteiger partial charge in [0.25, 0.3) is 0 Å². The number of Topliss-reactive ketones (excluding diaryl/α,β-unsaturated/α-hetero) is 2. The Morgan fingerprint density at radius 2 is 1.50 bits per heavy atom. The van der Waals surface area contributed by atoms with E-state index in [1.165, 1.54) is 0 Å². The molecule has 4 rings (SSSR count). The number of hydrogen-bond donors (Lipinski definition) is 1. The Morgan fingerprint density at radius 1 is 1.07 bits per heavy atom. The second kappa shape index (κ2) is 2.27. The Labute approximate surface area is 82.5 Å². The van der Waals surface area contributed by atoms with E-state index in [2.05, 4.69) is 0 Å². The molecule has 4 unspecified atom stereocenters. The van der Waals surface area contributed by atoms with Crippen LogP contribution >= 0.6 is 0 Å². The van der Waals surface area contributed by atoms with Gasteiger partial charge in [0, 0.05) is 23.7 Å². The minimum atomic E-state index is -1.05. The Kier molecular flexibility index (Phi) is 1.39. The predicted octanol–water partition coefficient (Wildman–Crippen LogP) is 0.551. The summed E-state index contributed by atoms with van der Waals surface area (Å²) in [6.45, 7) is 1.66. The summed E-state index contributed by atoms with van der Waals surface area (Å²) < 4.78 is 0. The first-order valence-corrected chi connectivity index (χ1v) is 5.31. The maximum Gasteiger partial charge on any atom is 0.141 e. The molecule has 0 saturated heterocycles. The Morgan fingerprint density at radius 3 is 1.93 bits per heavy atom. The summed E-state index contributed by atoms with van der Waals surface area (Å²) in [6.07, 6.45) is 1.94. The molecule has 14 heavy (non-hydrogen) atoms. The Balaban J connectivity index is 2.09. The summed E-state index contributed by atoms with van der Waals surface area (Å²) in [5.41, 5.74) is -1.05. The third kappa shape index (κ3) is 0.776. The zero-order valence-corrected chi connectivity index (χ0v) is 8.19. The van der Waals surface area contributed by atoms with Crippen molar-refractivity contribution in [1.82, 2.24) is 0 Å². The molecule has 0 radical (unpaired) electrons. The van der Waals surface area contributed by atoms with Gasteiger partial charge in [0.2, 0.25) is 0 Å². The number of hydrogen-bond acceptors (Lipinski definition) is 3. The lowest BCUT2D eigenvalue weighted by molar-refractivity contribution is -0.182. The third-order valence-electron chi connectivity index (χ3n) is 4.51. The smallest absolute Gasteiger partial charge is 0.141 e. The summed E-state index contributed by atoms with van der Waals surface area (Å²) in [6, 6.07) is 0. The van der Waals surface area contributed by atoms with Crippen molar-refractivity contribution in [3.05, 3.63) is 0 Å². The van der Waals surface area contributed by atoms with E-state index in [0.29, 0.717) is 12.8 Å². The summed E-state index contributed by atoms with van der Waals surface area (Å²) in [4.78, 5) is 23.6. The fraction of sp³-hybridized carbons (Fsp3) is 0.818. The van der Waals surface area contributed by atoms with Crippen LogP contribution in [0.5, 0.6) is 0 Å². The van der Waals surface area contributed by atoms with Gasteiger partial charge >= 0.3 is 0 Å². The highest BCUT2D eigenvalue weighted by Crippen LogP contribution is 2.54. The van der Waals surface area contributed by atoms with Gasteiger partial charge in [-0.05, 0) is 26.2 Å². The van der Waals surface area contributed by atoms with Crippen LogP contribution in [0.4, 0.5) is 0 Å². The Bertz CT molecular complexity index is 301. The number of ketones is 2. The fourth-order valence-corrected chi connectivity index (χ4v) is 3.67. The van der Waals surface area contributed by atoms with E-state index in [1.54, 1.807) is 6.92 Å². The monoisotopic (exact) mass is 194 g/mol. The number of carbonyl (C=O) groups excluding carboxylic acids is 2. The quantitative estimate of drug-likeness (QED) is 0.612. The van der Waals surface area contributed by atoms with Crippen molar-refractivity contribution in [3.63, 3.8) is 0 Å². The van der Waals surface area contributed by atoms with Crippen LogP contribution in [0.25, 0.3) is 0 Å². The minimum absolute atomic E-state index is 0.0710. The summed E-state index contributed by atoms with van der Waals surface area (Å²) in [5, 5.41) is 10.2. The molecular formula is C11H14O3. The lowest BCUT2D eigenvalue weighted by Crippen LogP contribution is -2.64. The predicted molar refractivity (Wildman–Crippen MR) is 48.4 cm³/mol. The van der Waals surface area contributed by atoms with Crippen molar-refractivity contribution in [2.75, 3.05) is 0 Å². The van der Waals surface area contributed by atoms with E-state index in [4.69, 9.17) is 0 Å². The first-order chi connectivity index (χ1) is 6.51. The topological polar surface area (TPSA) is 54.4 Å². The molecule has 1 N–H and O–H groups in total. The molecule has 4 saturated carbocycles. The molecule has 4 fully saturated rings. The van der Waals surface area contributed by atoms with Gasteiger partial charge in [-0.1, -0.05) is 0 Å². The van der Waals surface area contributed by atoms with Gasteiger partial charge in [0.05, 0.1) is 5.60 Å². The van der Waals surface area contributed by atoms with Crippen LogP contribution in [-0.2, 0) is 9.59 Å². The SMILES string of the molecule is CC1(O)C2CC3CC(CC1C3=O)C2=O. The lowest BCUT2D eigenvalue weighted by atomic mass is 9.49. The lowest BCUT2D eigenvalue weighted by Gasteiger charge is -2.55. The van der Waals surface area contributed by atoms with Crippen LogP contribution in [0.2, 0.25) is 0 Å². The molecule has 3 heteroatoms. The third-order valence-corrected chi connectivity index (χ3v) is 4.51. The average Bonchev–Trinajstić information content (AvgIpc) is 2.11. The first-order valence-electron chi connectivity index (χ1n) is 5.31. The second-order valence-corrected chi connectivity index (χ2v) is 5.24. The molecule has 0 spiro atoms. The molecule has 0 aromatic carbocycles. The van der Waals surface area contributed by atoms with Crippen molar-refractivity contribution < 1.29 is 14.7 Å².